The lowest BCUT2D eigenvalue weighted by Gasteiger charge is -2.09. The van der Waals surface area contributed by atoms with Crippen molar-refractivity contribution in [2.75, 3.05) is 18.4 Å². The lowest BCUT2D eigenvalue weighted by atomic mass is 10.2. The maximum Gasteiger partial charge on any atom is 0.216 e. The molecule has 0 radical (unpaired) electrons. The molecule has 0 aliphatic carbocycles. The van der Waals surface area contributed by atoms with Crippen LogP contribution in [0.15, 0.2) is 18.2 Å². The zero-order valence-electron chi connectivity index (χ0n) is 8.93. The third-order valence-corrected chi connectivity index (χ3v) is 2.01. The van der Waals surface area contributed by atoms with E-state index >= 15 is 0 Å². The monoisotopic (exact) mass is 210 g/mol. The van der Waals surface area contributed by atoms with Crippen LogP contribution in [0.4, 0.5) is 10.1 Å². The Morgan fingerprint density at radius 1 is 1.40 bits per heavy atom. The van der Waals surface area contributed by atoms with Crippen LogP contribution in [0.2, 0.25) is 0 Å². The Kier molecular flexibility index (Phi) is 4.09. The van der Waals surface area contributed by atoms with E-state index in [-0.39, 0.29) is 11.7 Å². The normalized spacial score (nSPS) is 9.80. The van der Waals surface area contributed by atoms with Gasteiger partial charge in [0.25, 0.3) is 0 Å². The Bertz CT molecular complexity index is 352. The number of carbonyl (C=O) groups excluding carboxylic acids is 1. The summed E-state index contributed by atoms with van der Waals surface area (Å²) in [6, 6.07) is 4.59. The number of amides is 1. The van der Waals surface area contributed by atoms with Crippen LogP contribution in [-0.4, -0.2) is 19.0 Å². The number of rotatable bonds is 4. The predicted molar refractivity (Wildman–Crippen MR) is 58.3 cm³/mol. The summed E-state index contributed by atoms with van der Waals surface area (Å²) in [5.74, 6) is -0.324. The average molecular weight is 210 g/mol. The van der Waals surface area contributed by atoms with Gasteiger partial charge in [0.2, 0.25) is 5.91 Å². The summed E-state index contributed by atoms with van der Waals surface area (Å²) in [5.41, 5.74) is 1.75. The Morgan fingerprint density at radius 2 is 2.13 bits per heavy atom. The third-order valence-electron chi connectivity index (χ3n) is 2.01. The number of hydrogen-bond acceptors (Lipinski definition) is 2. The van der Waals surface area contributed by atoms with Gasteiger partial charge in [0.1, 0.15) is 5.82 Å². The highest BCUT2D eigenvalue weighted by atomic mass is 19.1. The summed E-state index contributed by atoms with van der Waals surface area (Å²) in [6.45, 7) is 4.49. The number of halogens is 1. The molecule has 0 saturated carbocycles. The van der Waals surface area contributed by atoms with Crippen molar-refractivity contribution < 1.29 is 9.18 Å². The highest BCUT2D eigenvalue weighted by molar-refractivity contribution is 5.72. The van der Waals surface area contributed by atoms with Crippen LogP contribution in [0.25, 0.3) is 0 Å². The lowest BCUT2D eigenvalue weighted by molar-refractivity contribution is -0.118. The summed E-state index contributed by atoms with van der Waals surface area (Å²) in [6.07, 6.45) is 0. The Hall–Kier alpha value is -1.58. The molecule has 0 bridgehead atoms. The molecule has 82 valence electrons. The van der Waals surface area contributed by atoms with Gasteiger partial charge in [0, 0.05) is 25.7 Å². The van der Waals surface area contributed by atoms with Gasteiger partial charge in [-0.2, -0.15) is 0 Å². The molecule has 1 rings (SSSR count). The highest BCUT2D eigenvalue weighted by Crippen LogP contribution is 2.15. The van der Waals surface area contributed by atoms with E-state index in [4.69, 9.17) is 0 Å². The van der Waals surface area contributed by atoms with E-state index in [1.807, 2.05) is 6.92 Å². The van der Waals surface area contributed by atoms with Crippen molar-refractivity contribution in [1.29, 1.82) is 0 Å². The van der Waals surface area contributed by atoms with Crippen molar-refractivity contribution in [3.05, 3.63) is 29.6 Å². The summed E-state index contributed by atoms with van der Waals surface area (Å²) in [7, 11) is 0. The van der Waals surface area contributed by atoms with Crippen LogP contribution >= 0.6 is 0 Å². The quantitative estimate of drug-likeness (QED) is 0.742. The Morgan fingerprint density at radius 3 is 2.80 bits per heavy atom. The van der Waals surface area contributed by atoms with Gasteiger partial charge in [-0.15, -0.1) is 0 Å². The van der Waals surface area contributed by atoms with Crippen LogP contribution in [0.5, 0.6) is 0 Å². The average Bonchev–Trinajstić information content (AvgIpc) is 2.17. The van der Waals surface area contributed by atoms with Gasteiger partial charge in [0.15, 0.2) is 0 Å². The van der Waals surface area contributed by atoms with E-state index in [0.717, 1.165) is 11.3 Å². The van der Waals surface area contributed by atoms with Crippen molar-refractivity contribution in [2.45, 2.75) is 13.8 Å². The number of hydrogen-bond donors (Lipinski definition) is 2. The first-order valence-electron chi connectivity index (χ1n) is 4.84. The topological polar surface area (TPSA) is 41.1 Å². The maximum atomic E-state index is 12.9. The lowest BCUT2D eigenvalue weighted by Crippen LogP contribution is -2.26. The third kappa shape index (κ3) is 3.97. The second kappa shape index (κ2) is 5.34. The number of benzene rings is 1. The molecular formula is C11H15FN2O. The van der Waals surface area contributed by atoms with Crippen molar-refractivity contribution >= 4 is 11.6 Å². The van der Waals surface area contributed by atoms with E-state index in [9.17, 15) is 9.18 Å². The first kappa shape index (κ1) is 11.5. The number of nitrogens with one attached hydrogen (secondary N) is 2. The van der Waals surface area contributed by atoms with Gasteiger partial charge in [-0.3, -0.25) is 4.79 Å². The fraction of sp³-hybridized carbons (Fsp3) is 0.364. The van der Waals surface area contributed by atoms with Gasteiger partial charge >= 0.3 is 0 Å². The Balaban J connectivity index is 2.43. The second-order valence-electron chi connectivity index (χ2n) is 3.37. The number of aryl methyl sites for hydroxylation is 1. The van der Waals surface area contributed by atoms with E-state index in [2.05, 4.69) is 10.6 Å². The number of carbonyl (C=O) groups is 1. The molecule has 0 unspecified atom stereocenters. The summed E-state index contributed by atoms with van der Waals surface area (Å²) in [5, 5.41) is 5.71. The molecule has 0 spiro atoms. The van der Waals surface area contributed by atoms with Gasteiger partial charge in [-0.25, -0.2) is 4.39 Å². The minimum atomic E-state index is -0.261. The van der Waals surface area contributed by atoms with E-state index in [1.165, 1.54) is 19.1 Å². The van der Waals surface area contributed by atoms with Gasteiger partial charge in [-0.1, -0.05) is 6.07 Å². The minimum absolute atomic E-state index is 0.0623. The van der Waals surface area contributed by atoms with Gasteiger partial charge in [-0.05, 0) is 24.6 Å². The molecule has 0 aliphatic rings. The molecule has 0 aromatic heterocycles. The molecule has 3 nitrogen and oxygen atoms in total. The SMILES string of the molecule is CC(=O)NCCNc1cc(F)ccc1C. The zero-order valence-corrected chi connectivity index (χ0v) is 8.93. The highest BCUT2D eigenvalue weighted by Gasteiger charge is 1.99. The van der Waals surface area contributed by atoms with Crippen LogP contribution in [-0.2, 0) is 4.79 Å². The summed E-state index contributed by atoms with van der Waals surface area (Å²) >= 11 is 0. The van der Waals surface area contributed by atoms with Crippen LogP contribution < -0.4 is 10.6 Å². The fourth-order valence-electron chi connectivity index (χ4n) is 1.22. The number of anilines is 1. The molecule has 1 aromatic carbocycles. The van der Waals surface area contributed by atoms with Crippen molar-refractivity contribution in [3.63, 3.8) is 0 Å². The molecule has 0 fully saturated rings. The second-order valence-corrected chi connectivity index (χ2v) is 3.37. The first-order valence-corrected chi connectivity index (χ1v) is 4.84. The summed E-state index contributed by atoms with van der Waals surface area (Å²) < 4.78 is 12.9. The van der Waals surface area contributed by atoms with Crippen molar-refractivity contribution in [2.24, 2.45) is 0 Å². The van der Waals surface area contributed by atoms with Gasteiger partial charge < -0.3 is 10.6 Å². The first-order chi connectivity index (χ1) is 7.09. The van der Waals surface area contributed by atoms with Crippen LogP contribution in [0.1, 0.15) is 12.5 Å². The van der Waals surface area contributed by atoms with Crippen molar-refractivity contribution in [1.82, 2.24) is 5.32 Å². The summed E-state index contributed by atoms with van der Waals surface area (Å²) in [4.78, 5) is 10.6. The maximum absolute atomic E-state index is 12.9. The largest absolute Gasteiger partial charge is 0.383 e. The molecule has 0 aliphatic heterocycles. The molecule has 4 heteroatoms. The predicted octanol–water partition coefficient (Wildman–Crippen LogP) is 1.68. The molecule has 1 amide bonds. The van der Waals surface area contributed by atoms with Gasteiger partial charge in [0.05, 0.1) is 0 Å². The smallest absolute Gasteiger partial charge is 0.216 e. The Labute approximate surface area is 88.7 Å². The molecule has 0 heterocycles. The molecule has 0 atom stereocenters. The minimum Gasteiger partial charge on any atom is -0.383 e. The van der Waals surface area contributed by atoms with Crippen LogP contribution in [0, 0.1) is 12.7 Å². The standard InChI is InChI=1S/C11H15FN2O/c1-8-3-4-10(12)7-11(8)14-6-5-13-9(2)15/h3-4,7,14H,5-6H2,1-2H3,(H,13,15). The fourth-order valence-corrected chi connectivity index (χ4v) is 1.22. The van der Waals surface area contributed by atoms with E-state index in [0.29, 0.717) is 13.1 Å². The molecule has 1 aromatic rings. The van der Waals surface area contributed by atoms with E-state index < -0.39 is 0 Å². The van der Waals surface area contributed by atoms with Crippen molar-refractivity contribution in [3.8, 4) is 0 Å². The molecular weight excluding hydrogens is 195 g/mol. The molecule has 2 N–H and O–H groups in total. The van der Waals surface area contributed by atoms with E-state index in [1.54, 1.807) is 6.07 Å². The van der Waals surface area contributed by atoms with Crippen LogP contribution in [0.3, 0.4) is 0 Å². The molecule has 15 heavy (non-hydrogen) atoms. The zero-order chi connectivity index (χ0) is 11.3. The molecule has 0 saturated heterocycles.